The Kier molecular flexibility index (Phi) is 5.73. The van der Waals surface area contributed by atoms with E-state index < -0.39 is 50.9 Å². The van der Waals surface area contributed by atoms with Gasteiger partial charge in [-0.3, -0.25) is 15.4 Å². The quantitative estimate of drug-likeness (QED) is 0.329. The van der Waals surface area contributed by atoms with Gasteiger partial charge in [0.2, 0.25) is 0 Å². The van der Waals surface area contributed by atoms with Crippen molar-refractivity contribution < 1.29 is 37.9 Å². The molecule has 1 N–H and O–H groups in total. The monoisotopic (exact) mass is 447 g/mol. The molecule has 0 saturated heterocycles. The number of nitrogens with zero attached hydrogens (tertiary/aromatic N) is 2. The summed E-state index contributed by atoms with van der Waals surface area (Å²) in [5.41, 5.74) is -1.42. The third-order valence-corrected chi connectivity index (χ3v) is 5.10. The Morgan fingerprint density at radius 2 is 1.75 bits per heavy atom. The highest BCUT2D eigenvalue weighted by molar-refractivity contribution is 6.09. The summed E-state index contributed by atoms with van der Waals surface area (Å²) in [5, 5.41) is 25.8. The second kappa shape index (κ2) is 8.15. The lowest BCUT2D eigenvalue weighted by atomic mass is 9.90. The molecule has 0 saturated carbocycles. The molecule has 1 aliphatic rings. The molecule has 1 aliphatic heterocycles. The maximum Gasteiger partial charge on any atom is 0.432 e. The van der Waals surface area contributed by atoms with Gasteiger partial charge < -0.3 is 14.6 Å². The molecule has 3 rings (SSSR count). The molecule has 166 valence electrons. The summed E-state index contributed by atoms with van der Waals surface area (Å²) in [6, 6.07) is 3.31. The first-order valence-electron chi connectivity index (χ1n) is 8.96. The second-order valence-electron chi connectivity index (χ2n) is 6.80. The van der Waals surface area contributed by atoms with Crippen molar-refractivity contribution >= 4 is 29.5 Å². The molecule has 0 aliphatic carbocycles. The second-order valence-corrected chi connectivity index (χ2v) is 6.80. The van der Waals surface area contributed by atoms with Crippen LogP contribution in [-0.2, 0) is 9.53 Å². The number of carbonyl (C=O) groups excluding carboxylic acids is 3. The first kappa shape index (κ1) is 22.5. The van der Waals surface area contributed by atoms with Crippen molar-refractivity contribution in [3.63, 3.8) is 0 Å². The topological polar surface area (TPSA) is 139 Å². The van der Waals surface area contributed by atoms with E-state index in [0.717, 1.165) is 37.4 Å². The first-order valence-corrected chi connectivity index (χ1v) is 8.96. The Balaban J connectivity index is 2.41. The fourth-order valence-electron chi connectivity index (χ4n) is 3.65. The number of methoxy groups -OCH3 is 1. The number of ether oxygens (including phenoxy) is 1. The van der Waals surface area contributed by atoms with Gasteiger partial charge in [0, 0.05) is 35.5 Å². The third-order valence-electron chi connectivity index (χ3n) is 5.10. The largest absolute Gasteiger partial charge is 0.497 e. The Hall–Kier alpha value is -4.19. The zero-order valence-electron chi connectivity index (χ0n) is 16.6. The van der Waals surface area contributed by atoms with E-state index in [2.05, 4.69) is 5.32 Å². The molecule has 3 amide bonds. The molecule has 0 bridgehead atoms. The SMILES string of the molecule is COC(=O)C1=C(C)NC(=O)[N+](C(=O)[O-])(c2ccc([N+](=O)[O-])cc2)[C@H]1c1ccc(F)c(F)c1. The average molecular weight is 447 g/mol. The molecule has 1 heterocycles. The lowest BCUT2D eigenvalue weighted by Gasteiger charge is -2.44. The van der Waals surface area contributed by atoms with Gasteiger partial charge in [-0.1, -0.05) is 0 Å². The number of carbonyl (C=O) groups is 3. The molecule has 0 spiro atoms. The molecular weight excluding hydrogens is 432 g/mol. The van der Waals surface area contributed by atoms with Crippen LogP contribution in [-0.4, -0.2) is 30.1 Å². The highest BCUT2D eigenvalue weighted by Crippen LogP contribution is 2.44. The van der Waals surface area contributed by atoms with E-state index >= 15 is 0 Å². The van der Waals surface area contributed by atoms with Crippen LogP contribution in [0.3, 0.4) is 0 Å². The maximum atomic E-state index is 14.1. The minimum Gasteiger partial charge on any atom is -0.497 e. The van der Waals surface area contributed by atoms with Crippen LogP contribution in [0.1, 0.15) is 18.5 Å². The van der Waals surface area contributed by atoms with Gasteiger partial charge in [0.25, 0.3) is 11.8 Å². The van der Waals surface area contributed by atoms with E-state index in [1.807, 2.05) is 0 Å². The molecule has 2 aromatic carbocycles. The number of urea groups is 1. The number of imide groups is 1. The van der Waals surface area contributed by atoms with Gasteiger partial charge in [-0.15, -0.1) is 4.48 Å². The predicted octanol–water partition coefficient (Wildman–Crippen LogP) is 2.44. The molecule has 0 fully saturated rings. The lowest BCUT2D eigenvalue weighted by Crippen LogP contribution is -2.70. The number of benzene rings is 2. The summed E-state index contributed by atoms with van der Waals surface area (Å²) in [7, 11) is 1.01. The van der Waals surface area contributed by atoms with Gasteiger partial charge in [-0.05, 0) is 25.1 Å². The summed E-state index contributed by atoms with van der Waals surface area (Å²) in [6.07, 6.45) is -2.03. The number of amides is 3. The van der Waals surface area contributed by atoms with Crippen LogP contribution in [0.15, 0.2) is 53.7 Å². The van der Waals surface area contributed by atoms with Gasteiger partial charge in [0.15, 0.2) is 17.7 Å². The predicted molar refractivity (Wildman–Crippen MR) is 103 cm³/mol. The summed E-state index contributed by atoms with van der Waals surface area (Å²) < 4.78 is 30.6. The number of hydrogen-bond acceptors (Lipinski definition) is 7. The summed E-state index contributed by atoms with van der Waals surface area (Å²) in [6.45, 7) is 1.30. The number of hydrogen-bond donors (Lipinski definition) is 1. The van der Waals surface area contributed by atoms with Gasteiger partial charge in [0.05, 0.1) is 12.0 Å². The zero-order chi connectivity index (χ0) is 23.8. The molecular formula is C20H15F2N3O7. The van der Waals surface area contributed by atoms with Crippen LogP contribution >= 0.6 is 0 Å². The minimum absolute atomic E-state index is 0.0755. The van der Waals surface area contributed by atoms with E-state index in [9.17, 15) is 38.4 Å². The Labute approximate surface area is 179 Å². The fourth-order valence-corrected chi connectivity index (χ4v) is 3.65. The van der Waals surface area contributed by atoms with Crippen molar-refractivity contribution in [2.24, 2.45) is 0 Å². The van der Waals surface area contributed by atoms with Crippen molar-refractivity contribution in [1.29, 1.82) is 0 Å². The van der Waals surface area contributed by atoms with Crippen molar-refractivity contribution in [3.05, 3.63) is 81.0 Å². The molecule has 12 heteroatoms. The first-order chi connectivity index (χ1) is 15.0. The molecule has 32 heavy (non-hydrogen) atoms. The number of esters is 1. The van der Waals surface area contributed by atoms with Crippen LogP contribution < -0.4 is 14.9 Å². The van der Waals surface area contributed by atoms with Gasteiger partial charge in [0.1, 0.15) is 11.3 Å². The Morgan fingerprint density at radius 3 is 2.25 bits per heavy atom. The molecule has 2 aromatic rings. The van der Waals surface area contributed by atoms with E-state index in [4.69, 9.17) is 4.74 Å². The Bertz CT molecular complexity index is 1180. The number of nitro benzene ring substituents is 1. The van der Waals surface area contributed by atoms with Crippen LogP contribution in [0, 0.1) is 21.7 Å². The van der Waals surface area contributed by atoms with Crippen LogP contribution in [0.4, 0.5) is 29.7 Å². The van der Waals surface area contributed by atoms with Gasteiger partial charge in [-0.25, -0.2) is 18.4 Å². The van der Waals surface area contributed by atoms with Crippen molar-refractivity contribution in [2.45, 2.75) is 13.0 Å². The average Bonchev–Trinajstić information content (AvgIpc) is 2.74. The minimum atomic E-state index is -2.03. The van der Waals surface area contributed by atoms with Crippen LogP contribution in [0.5, 0.6) is 0 Å². The summed E-state index contributed by atoms with van der Waals surface area (Å²) in [5.74, 6) is -3.63. The smallest absolute Gasteiger partial charge is 0.432 e. The van der Waals surface area contributed by atoms with Crippen molar-refractivity contribution in [1.82, 2.24) is 9.80 Å². The van der Waals surface area contributed by atoms with E-state index in [0.29, 0.717) is 12.1 Å². The maximum absolute atomic E-state index is 14.1. The van der Waals surface area contributed by atoms with Crippen LogP contribution in [0.2, 0.25) is 0 Å². The number of quaternary nitrogens is 1. The van der Waals surface area contributed by atoms with Gasteiger partial charge in [-0.2, -0.15) is 0 Å². The number of non-ortho nitro benzene ring substituents is 1. The highest BCUT2D eigenvalue weighted by Gasteiger charge is 2.57. The van der Waals surface area contributed by atoms with E-state index in [1.54, 1.807) is 0 Å². The van der Waals surface area contributed by atoms with Crippen molar-refractivity contribution in [3.8, 4) is 0 Å². The van der Waals surface area contributed by atoms with Crippen molar-refractivity contribution in [2.75, 3.05) is 7.11 Å². The standard InChI is InChI=1S/C20H15F2N3O7/c1-10-16(18(26)32-2)17(11-3-8-14(21)15(22)9-11)25(20(28)29,19(27)23-10)13-6-4-12(5-7-13)24(30)31/h3-9,17H,1-2H3,(H-,23,26,27,28,29)/t17-,25?/m0/s1. The Morgan fingerprint density at radius 1 is 1.12 bits per heavy atom. The fraction of sp³-hybridized carbons (Fsp3) is 0.150. The highest BCUT2D eigenvalue weighted by atomic mass is 19.2. The summed E-state index contributed by atoms with van der Waals surface area (Å²) in [4.78, 5) is 48.5. The van der Waals surface area contributed by atoms with E-state index in [-0.39, 0.29) is 22.5 Å². The number of nitrogens with one attached hydrogen (secondary N) is 1. The molecule has 10 nitrogen and oxygen atoms in total. The number of nitro groups is 1. The summed E-state index contributed by atoms with van der Waals surface area (Å²) >= 11 is 0. The number of rotatable bonds is 4. The van der Waals surface area contributed by atoms with Gasteiger partial charge >= 0.3 is 12.0 Å². The lowest BCUT2D eigenvalue weighted by molar-refractivity contribution is -0.384. The van der Waals surface area contributed by atoms with E-state index in [1.165, 1.54) is 6.92 Å². The molecule has 0 aromatic heterocycles. The molecule has 1 unspecified atom stereocenters. The molecule has 2 atom stereocenters. The number of allylic oxidation sites excluding steroid dienone is 1. The third kappa shape index (κ3) is 3.36. The molecule has 0 radical (unpaired) electrons. The number of carboxylic acid groups (broad SMARTS) is 1. The number of halogens is 2. The van der Waals surface area contributed by atoms with Crippen LogP contribution in [0.25, 0.3) is 0 Å². The zero-order valence-corrected chi connectivity index (χ0v) is 16.6. The normalized spacial score (nSPS) is 20.5.